The highest BCUT2D eigenvalue weighted by Gasteiger charge is 2.09. The molecule has 1 atom stereocenters. The van der Waals surface area contributed by atoms with E-state index in [-0.39, 0.29) is 18.0 Å². The number of hydrogen-bond donors (Lipinski definition) is 1. The van der Waals surface area contributed by atoms with Crippen LogP contribution in [-0.4, -0.2) is 18.8 Å². The fourth-order valence-electron chi connectivity index (χ4n) is 1.36. The molecule has 1 unspecified atom stereocenters. The smallest absolute Gasteiger partial charge is 0.123 e. The minimum Gasteiger partial charge on any atom is -0.377 e. The molecular formula is C12H17ClFNO. The standard InChI is InChI=1S/C12H17ClFNO/c1-8(2)16-7-11(15)6-9-5-10(14)3-4-12(9)13/h3-5,8,11H,6-7,15H2,1-2H3. The maximum atomic E-state index is 13.0. The molecule has 0 saturated heterocycles. The van der Waals surface area contributed by atoms with E-state index in [1.807, 2.05) is 13.8 Å². The van der Waals surface area contributed by atoms with E-state index in [0.29, 0.717) is 18.1 Å². The monoisotopic (exact) mass is 245 g/mol. The quantitative estimate of drug-likeness (QED) is 0.866. The van der Waals surface area contributed by atoms with Crippen LogP contribution in [0.2, 0.25) is 5.02 Å². The van der Waals surface area contributed by atoms with Gasteiger partial charge in [-0.1, -0.05) is 11.6 Å². The predicted octanol–water partition coefficient (Wildman–Crippen LogP) is 2.77. The molecule has 0 aliphatic carbocycles. The van der Waals surface area contributed by atoms with Gasteiger partial charge in [-0.2, -0.15) is 0 Å². The van der Waals surface area contributed by atoms with Gasteiger partial charge < -0.3 is 10.5 Å². The van der Waals surface area contributed by atoms with Gasteiger partial charge in [-0.3, -0.25) is 0 Å². The first-order chi connectivity index (χ1) is 7.49. The molecule has 16 heavy (non-hydrogen) atoms. The summed E-state index contributed by atoms with van der Waals surface area (Å²) >= 11 is 5.94. The van der Waals surface area contributed by atoms with Crippen molar-refractivity contribution in [1.29, 1.82) is 0 Å². The van der Waals surface area contributed by atoms with Crippen LogP contribution in [0.15, 0.2) is 18.2 Å². The van der Waals surface area contributed by atoms with Gasteiger partial charge in [-0.15, -0.1) is 0 Å². The molecule has 0 aliphatic rings. The van der Waals surface area contributed by atoms with Gasteiger partial charge in [-0.25, -0.2) is 4.39 Å². The Kier molecular flexibility index (Phi) is 5.19. The van der Waals surface area contributed by atoms with Crippen LogP contribution < -0.4 is 5.73 Å². The molecular weight excluding hydrogens is 229 g/mol. The molecule has 4 heteroatoms. The third kappa shape index (κ3) is 4.47. The number of hydrogen-bond acceptors (Lipinski definition) is 2. The molecule has 2 nitrogen and oxygen atoms in total. The molecule has 2 N–H and O–H groups in total. The number of nitrogens with two attached hydrogens (primary N) is 1. The Labute approximate surface area is 101 Å². The summed E-state index contributed by atoms with van der Waals surface area (Å²) in [6.45, 7) is 4.34. The second-order valence-corrected chi connectivity index (χ2v) is 4.49. The van der Waals surface area contributed by atoms with Crippen molar-refractivity contribution < 1.29 is 9.13 Å². The first-order valence-electron chi connectivity index (χ1n) is 5.30. The number of rotatable bonds is 5. The van der Waals surface area contributed by atoms with Gasteiger partial charge in [0.25, 0.3) is 0 Å². The van der Waals surface area contributed by atoms with Crippen LogP contribution in [0.5, 0.6) is 0 Å². The largest absolute Gasteiger partial charge is 0.377 e. The molecule has 0 fully saturated rings. The molecule has 0 heterocycles. The van der Waals surface area contributed by atoms with E-state index in [1.165, 1.54) is 12.1 Å². The third-order valence-corrected chi connectivity index (χ3v) is 2.50. The van der Waals surface area contributed by atoms with Crippen LogP contribution in [0.1, 0.15) is 19.4 Å². The Bertz CT molecular complexity index is 344. The normalized spacial score (nSPS) is 13.1. The second kappa shape index (κ2) is 6.18. The van der Waals surface area contributed by atoms with E-state index < -0.39 is 0 Å². The van der Waals surface area contributed by atoms with Gasteiger partial charge in [0.05, 0.1) is 12.7 Å². The lowest BCUT2D eigenvalue weighted by atomic mass is 10.1. The molecule has 0 radical (unpaired) electrons. The maximum Gasteiger partial charge on any atom is 0.123 e. The highest BCUT2D eigenvalue weighted by molar-refractivity contribution is 6.31. The summed E-state index contributed by atoms with van der Waals surface area (Å²) < 4.78 is 18.4. The van der Waals surface area contributed by atoms with Gasteiger partial charge >= 0.3 is 0 Å². The van der Waals surface area contributed by atoms with Crippen molar-refractivity contribution in [2.75, 3.05) is 6.61 Å². The molecule has 0 aromatic heterocycles. The minimum absolute atomic E-state index is 0.147. The van der Waals surface area contributed by atoms with Crippen LogP contribution in [-0.2, 0) is 11.2 Å². The van der Waals surface area contributed by atoms with Crippen molar-refractivity contribution in [3.05, 3.63) is 34.6 Å². The summed E-state index contributed by atoms with van der Waals surface area (Å²) in [6, 6.07) is 4.13. The lowest BCUT2D eigenvalue weighted by Gasteiger charge is -2.15. The summed E-state index contributed by atoms with van der Waals surface area (Å²) in [6.07, 6.45) is 0.664. The summed E-state index contributed by atoms with van der Waals surface area (Å²) in [7, 11) is 0. The number of benzene rings is 1. The van der Waals surface area contributed by atoms with Gasteiger partial charge in [0, 0.05) is 11.1 Å². The van der Waals surface area contributed by atoms with Gasteiger partial charge in [0.2, 0.25) is 0 Å². The Morgan fingerprint density at radius 2 is 2.12 bits per heavy atom. The van der Waals surface area contributed by atoms with Crippen LogP contribution in [0.3, 0.4) is 0 Å². The molecule has 1 aromatic rings. The molecule has 1 rings (SSSR count). The highest BCUT2D eigenvalue weighted by Crippen LogP contribution is 2.18. The van der Waals surface area contributed by atoms with Crippen molar-refractivity contribution in [2.24, 2.45) is 5.73 Å². The Morgan fingerprint density at radius 1 is 1.44 bits per heavy atom. The summed E-state index contributed by atoms with van der Waals surface area (Å²) in [4.78, 5) is 0. The average Bonchev–Trinajstić information content (AvgIpc) is 2.20. The lowest BCUT2D eigenvalue weighted by Crippen LogP contribution is -2.30. The lowest BCUT2D eigenvalue weighted by molar-refractivity contribution is 0.0684. The average molecular weight is 246 g/mol. The zero-order chi connectivity index (χ0) is 12.1. The molecule has 0 spiro atoms. The zero-order valence-corrected chi connectivity index (χ0v) is 10.3. The van der Waals surface area contributed by atoms with Crippen LogP contribution >= 0.6 is 11.6 Å². The molecule has 0 amide bonds. The van der Waals surface area contributed by atoms with Crippen LogP contribution in [0.4, 0.5) is 4.39 Å². The Hall–Kier alpha value is -0.640. The zero-order valence-electron chi connectivity index (χ0n) is 9.54. The summed E-state index contributed by atoms with van der Waals surface area (Å²) in [5.41, 5.74) is 6.59. The molecule has 0 aliphatic heterocycles. The second-order valence-electron chi connectivity index (χ2n) is 4.08. The third-order valence-electron chi connectivity index (χ3n) is 2.13. The van der Waals surface area contributed by atoms with E-state index in [0.717, 1.165) is 5.56 Å². The predicted molar refractivity (Wildman–Crippen MR) is 64.2 cm³/mol. The van der Waals surface area contributed by atoms with Crippen LogP contribution in [0, 0.1) is 5.82 Å². The number of ether oxygens (including phenoxy) is 1. The fraction of sp³-hybridized carbons (Fsp3) is 0.500. The van der Waals surface area contributed by atoms with E-state index in [1.54, 1.807) is 6.07 Å². The van der Waals surface area contributed by atoms with Crippen molar-refractivity contribution in [3.63, 3.8) is 0 Å². The minimum atomic E-state index is -0.295. The first-order valence-corrected chi connectivity index (χ1v) is 5.68. The SMILES string of the molecule is CC(C)OCC(N)Cc1cc(F)ccc1Cl. The van der Waals surface area contributed by atoms with Crippen molar-refractivity contribution >= 4 is 11.6 Å². The molecule has 90 valence electrons. The fourth-order valence-corrected chi connectivity index (χ4v) is 1.55. The van der Waals surface area contributed by atoms with E-state index >= 15 is 0 Å². The van der Waals surface area contributed by atoms with Crippen LogP contribution in [0.25, 0.3) is 0 Å². The van der Waals surface area contributed by atoms with E-state index in [4.69, 9.17) is 22.1 Å². The summed E-state index contributed by atoms with van der Waals surface area (Å²) in [5.74, 6) is -0.295. The van der Waals surface area contributed by atoms with Crippen molar-refractivity contribution in [1.82, 2.24) is 0 Å². The van der Waals surface area contributed by atoms with Gasteiger partial charge in [0.1, 0.15) is 5.82 Å². The van der Waals surface area contributed by atoms with Crippen molar-refractivity contribution in [2.45, 2.75) is 32.4 Å². The first kappa shape index (κ1) is 13.4. The maximum absolute atomic E-state index is 13.0. The Morgan fingerprint density at radius 3 is 2.75 bits per heavy atom. The van der Waals surface area contributed by atoms with E-state index in [9.17, 15) is 4.39 Å². The summed E-state index contributed by atoms with van der Waals surface area (Å²) in [5, 5.41) is 0.543. The van der Waals surface area contributed by atoms with Gasteiger partial charge in [-0.05, 0) is 44.0 Å². The van der Waals surface area contributed by atoms with E-state index in [2.05, 4.69) is 0 Å². The Balaban J connectivity index is 2.55. The van der Waals surface area contributed by atoms with Crippen molar-refractivity contribution in [3.8, 4) is 0 Å². The molecule has 0 saturated carbocycles. The highest BCUT2D eigenvalue weighted by atomic mass is 35.5. The van der Waals surface area contributed by atoms with Gasteiger partial charge in [0.15, 0.2) is 0 Å². The number of halogens is 2. The molecule has 1 aromatic carbocycles. The molecule has 0 bridgehead atoms. The topological polar surface area (TPSA) is 35.2 Å².